The van der Waals surface area contributed by atoms with Crippen molar-refractivity contribution >= 4 is 45.1 Å². The quantitative estimate of drug-likeness (QED) is 0.474. The first-order valence-electron chi connectivity index (χ1n) is 8.76. The minimum absolute atomic E-state index is 0.105. The average molecular weight is 396 g/mol. The van der Waals surface area contributed by atoms with Gasteiger partial charge in [-0.05, 0) is 23.8 Å². The van der Waals surface area contributed by atoms with E-state index in [2.05, 4.69) is 5.32 Å². The molecule has 0 aliphatic rings. The monoisotopic (exact) mass is 395 g/mol. The predicted octanol–water partition coefficient (Wildman–Crippen LogP) is 5.40. The summed E-state index contributed by atoms with van der Waals surface area (Å²) >= 11 is 6.09. The molecule has 5 nitrogen and oxygen atoms in total. The van der Waals surface area contributed by atoms with E-state index in [0.29, 0.717) is 22.0 Å². The van der Waals surface area contributed by atoms with Gasteiger partial charge < -0.3 is 19.2 Å². The number of anilines is 1. The van der Waals surface area contributed by atoms with E-state index in [9.17, 15) is 4.79 Å². The van der Waals surface area contributed by atoms with Crippen molar-refractivity contribution in [3.05, 3.63) is 71.2 Å². The van der Waals surface area contributed by atoms with E-state index in [1.54, 1.807) is 19.2 Å². The van der Waals surface area contributed by atoms with Gasteiger partial charge in [0.2, 0.25) is 5.91 Å². The van der Waals surface area contributed by atoms with Crippen molar-refractivity contribution in [1.29, 1.82) is 0 Å². The number of benzene rings is 3. The van der Waals surface area contributed by atoms with Crippen molar-refractivity contribution in [3.63, 3.8) is 0 Å². The number of carbonyl (C=O) groups excluding carboxylic acids is 1. The summed E-state index contributed by atoms with van der Waals surface area (Å²) in [5, 5.41) is 5.36. The molecule has 0 atom stereocenters. The summed E-state index contributed by atoms with van der Waals surface area (Å²) in [5.74, 6) is 0.263. The average Bonchev–Trinajstić information content (AvgIpc) is 3.06. The lowest BCUT2D eigenvalue weighted by Crippen LogP contribution is -2.18. The highest BCUT2D eigenvalue weighted by Crippen LogP contribution is 2.36. The maximum Gasteiger partial charge on any atom is 0.250 e. The number of nitrogens with one attached hydrogen (secondary N) is 1. The summed E-state index contributed by atoms with van der Waals surface area (Å²) in [7, 11) is 1.56. The third-order valence-corrected chi connectivity index (χ3v) is 4.79. The van der Waals surface area contributed by atoms with E-state index in [-0.39, 0.29) is 19.1 Å². The molecule has 0 saturated carbocycles. The SMILES string of the molecule is COc1cc2c(cc1NC(=O)COCc1ccccc1Cl)oc1ccccc12. The molecule has 1 heterocycles. The van der Waals surface area contributed by atoms with Crippen LogP contribution >= 0.6 is 11.6 Å². The minimum Gasteiger partial charge on any atom is -0.495 e. The van der Waals surface area contributed by atoms with Gasteiger partial charge >= 0.3 is 0 Å². The van der Waals surface area contributed by atoms with Gasteiger partial charge in [-0.3, -0.25) is 4.79 Å². The van der Waals surface area contributed by atoms with Crippen molar-refractivity contribution in [3.8, 4) is 5.75 Å². The van der Waals surface area contributed by atoms with E-state index in [1.165, 1.54) is 0 Å². The smallest absolute Gasteiger partial charge is 0.250 e. The molecule has 4 rings (SSSR count). The third kappa shape index (κ3) is 3.67. The number of halogens is 1. The Balaban J connectivity index is 1.49. The normalized spacial score (nSPS) is 11.1. The van der Waals surface area contributed by atoms with Crippen molar-refractivity contribution in [2.24, 2.45) is 0 Å². The molecule has 28 heavy (non-hydrogen) atoms. The van der Waals surface area contributed by atoms with Crippen molar-refractivity contribution in [1.82, 2.24) is 0 Å². The molecule has 0 aliphatic heterocycles. The molecule has 0 radical (unpaired) electrons. The first-order valence-corrected chi connectivity index (χ1v) is 9.14. The Morgan fingerprint density at radius 3 is 2.64 bits per heavy atom. The third-order valence-electron chi connectivity index (χ3n) is 4.42. The highest BCUT2D eigenvalue weighted by molar-refractivity contribution is 6.31. The van der Waals surface area contributed by atoms with Gasteiger partial charge in [-0.2, -0.15) is 0 Å². The molecule has 4 aromatic rings. The Morgan fingerprint density at radius 2 is 1.82 bits per heavy atom. The number of ether oxygens (including phenoxy) is 2. The number of para-hydroxylation sites is 1. The van der Waals surface area contributed by atoms with Crippen LogP contribution in [0.1, 0.15) is 5.56 Å². The van der Waals surface area contributed by atoms with Crippen LogP contribution in [0.15, 0.2) is 65.1 Å². The molecule has 0 fully saturated rings. The predicted molar refractivity (Wildman–Crippen MR) is 110 cm³/mol. The van der Waals surface area contributed by atoms with Crippen LogP contribution in [0, 0.1) is 0 Å². The fourth-order valence-electron chi connectivity index (χ4n) is 3.07. The second-order valence-corrected chi connectivity index (χ2v) is 6.69. The van der Waals surface area contributed by atoms with Gasteiger partial charge in [0, 0.05) is 21.9 Å². The molecule has 0 saturated heterocycles. The molecule has 6 heteroatoms. The van der Waals surface area contributed by atoms with Gasteiger partial charge in [0.1, 0.15) is 23.5 Å². The minimum atomic E-state index is -0.291. The number of hydrogen-bond acceptors (Lipinski definition) is 4. The zero-order valence-electron chi connectivity index (χ0n) is 15.2. The Hall–Kier alpha value is -3.02. The molecule has 142 valence electrons. The number of furan rings is 1. The van der Waals surface area contributed by atoms with Crippen LogP contribution in [0.2, 0.25) is 5.02 Å². The molecule has 0 spiro atoms. The fourth-order valence-corrected chi connectivity index (χ4v) is 3.26. The van der Waals surface area contributed by atoms with Crippen molar-refractivity contribution in [2.45, 2.75) is 6.61 Å². The number of carbonyl (C=O) groups is 1. The van der Waals surface area contributed by atoms with E-state index >= 15 is 0 Å². The molecular weight excluding hydrogens is 378 g/mol. The van der Waals surface area contributed by atoms with Gasteiger partial charge in [-0.25, -0.2) is 0 Å². The maximum absolute atomic E-state index is 12.3. The lowest BCUT2D eigenvalue weighted by Gasteiger charge is -2.11. The maximum atomic E-state index is 12.3. The van der Waals surface area contributed by atoms with Crippen LogP contribution in [-0.2, 0) is 16.1 Å². The molecule has 1 aromatic heterocycles. The Morgan fingerprint density at radius 1 is 1.04 bits per heavy atom. The van der Waals surface area contributed by atoms with Gasteiger partial charge in [0.25, 0.3) is 0 Å². The van der Waals surface area contributed by atoms with E-state index in [4.69, 9.17) is 25.5 Å². The van der Waals surface area contributed by atoms with Gasteiger partial charge in [0.05, 0.1) is 19.4 Å². The number of methoxy groups -OCH3 is 1. The molecule has 1 N–H and O–H groups in total. The number of amides is 1. The van der Waals surface area contributed by atoms with Crippen molar-refractivity contribution in [2.75, 3.05) is 19.0 Å². The summed E-state index contributed by atoms with van der Waals surface area (Å²) in [6.45, 7) is 0.152. The largest absolute Gasteiger partial charge is 0.495 e. The summed E-state index contributed by atoms with van der Waals surface area (Å²) < 4.78 is 16.8. The number of hydrogen-bond donors (Lipinski definition) is 1. The number of fused-ring (bicyclic) bond motifs is 3. The summed E-state index contributed by atoms with van der Waals surface area (Å²) in [6, 6.07) is 18.8. The van der Waals surface area contributed by atoms with E-state index in [0.717, 1.165) is 21.9 Å². The zero-order valence-corrected chi connectivity index (χ0v) is 16.0. The molecule has 0 bridgehead atoms. The molecule has 0 unspecified atom stereocenters. The van der Waals surface area contributed by atoms with E-state index < -0.39 is 0 Å². The summed E-state index contributed by atoms with van der Waals surface area (Å²) in [5.41, 5.74) is 2.82. The zero-order chi connectivity index (χ0) is 19.5. The van der Waals surface area contributed by atoms with Crippen LogP contribution in [0.3, 0.4) is 0 Å². The van der Waals surface area contributed by atoms with Gasteiger partial charge in [-0.1, -0.05) is 48.0 Å². The van der Waals surface area contributed by atoms with Crippen LogP contribution in [0.4, 0.5) is 5.69 Å². The Kier molecular flexibility index (Phi) is 5.19. The van der Waals surface area contributed by atoms with E-state index in [1.807, 2.05) is 48.5 Å². The molecule has 1 amide bonds. The molecule has 3 aromatic carbocycles. The first kappa shape index (κ1) is 18.3. The second kappa shape index (κ2) is 7.92. The number of rotatable bonds is 6. The molecule has 0 aliphatic carbocycles. The van der Waals surface area contributed by atoms with Crippen LogP contribution in [-0.4, -0.2) is 19.6 Å². The van der Waals surface area contributed by atoms with Gasteiger partial charge in [0.15, 0.2) is 0 Å². The van der Waals surface area contributed by atoms with Crippen LogP contribution in [0.25, 0.3) is 21.9 Å². The second-order valence-electron chi connectivity index (χ2n) is 6.28. The highest BCUT2D eigenvalue weighted by atomic mass is 35.5. The standard InChI is InChI=1S/C22H18ClNO4/c1-26-21-10-16-15-7-3-5-9-19(15)28-20(16)11-18(21)24-22(25)13-27-12-14-6-2-4-8-17(14)23/h2-11H,12-13H2,1H3,(H,24,25). The van der Waals surface area contributed by atoms with Gasteiger partial charge in [-0.15, -0.1) is 0 Å². The fraction of sp³-hybridized carbons (Fsp3) is 0.136. The summed E-state index contributed by atoms with van der Waals surface area (Å²) in [4.78, 5) is 12.3. The van der Waals surface area contributed by atoms with Crippen molar-refractivity contribution < 1.29 is 18.7 Å². The van der Waals surface area contributed by atoms with Crippen LogP contribution in [0.5, 0.6) is 5.75 Å². The Bertz CT molecular complexity index is 1150. The lowest BCUT2D eigenvalue weighted by atomic mass is 10.1. The van der Waals surface area contributed by atoms with Crippen LogP contribution < -0.4 is 10.1 Å². The molecular formula is C22H18ClNO4. The summed E-state index contributed by atoms with van der Waals surface area (Å²) in [6.07, 6.45) is 0. The highest BCUT2D eigenvalue weighted by Gasteiger charge is 2.14. The Labute approximate surface area is 166 Å². The lowest BCUT2D eigenvalue weighted by molar-refractivity contribution is -0.121. The first-order chi connectivity index (χ1) is 13.7. The topological polar surface area (TPSA) is 60.7 Å².